The van der Waals surface area contributed by atoms with Crippen molar-refractivity contribution < 1.29 is 4.79 Å². The first-order chi connectivity index (χ1) is 6.02. The molecule has 0 aromatic carbocycles. The SMILES string of the molecule is C=CC(=O)NC(CC)C(Cl)N(C)C. The summed E-state index contributed by atoms with van der Waals surface area (Å²) in [6, 6.07) is -0.0397. The van der Waals surface area contributed by atoms with E-state index in [1.54, 1.807) is 0 Å². The summed E-state index contributed by atoms with van der Waals surface area (Å²) in [7, 11) is 3.75. The summed E-state index contributed by atoms with van der Waals surface area (Å²) in [5.74, 6) is -0.181. The fourth-order valence-electron chi connectivity index (χ4n) is 0.967. The van der Waals surface area contributed by atoms with Crippen molar-refractivity contribution in [3.05, 3.63) is 12.7 Å². The van der Waals surface area contributed by atoms with Gasteiger partial charge in [0.2, 0.25) is 5.91 Å². The number of carbonyl (C=O) groups is 1. The Balaban J connectivity index is 4.16. The highest BCUT2D eigenvalue weighted by atomic mass is 35.5. The molecule has 2 atom stereocenters. The Morgan fingerprint density at radius 1 is 1.69 bits per heavy atom. The van der Waals surface area contributed by atoms with Gasteiger partial charge in [-0.15, -0.1) is 11.6 Å². The molecule has 2 unspecified atom stereocenters. The normalized spacial score (nSPS) is 15.2. The maximum atomic E-state index is 11.0. The van der Waals surface area contributed by atoms with E-state index >= 15 is 0 Å². The van der Waals surface area contributed by atoms with Gasteiger partial charge in [-0.3, -0.25) is 9.69 Å². The minimum Gasteiger partial charge on any atom is -0.347 e. The molecule has 1 N–H and O–H groups in total. The van der Waals surface area contributed by atoms with Crippen molar-refractivity contribution in [1.29, 1.82) is 0 Å². The number of hydrogen-bond donors (Lipinski definition) is 1. The van der Waals surface area contributed by atoms with E-state index in [4.69, 9.17) is 11.6 Å². The largest absolute Gasteiger partial charge is 0.347 e. The van der Waals surface area contributed by atoms with Gasteiger partial charge in [-0.05, 0) is 26.6 Å². The Morgan fingerprint density at radius 2 is 2.23 bits per heavy atom. The first-order valence-electron chi connectivity index (χ1n) is 4.26. The van der Waals surface area contributed by atoms with Gasteiger partial charge in [0.1, 0.15) is 5.50 Å². The molecule has 0 saturated heterocycles. The van der Waals surface area contributed by atoms with Gasteiger partial charge in [-0.1, -0.05) is 13.5 Å². The van der Waals surface area contributed by atoms with Gasteiger partial charge < -0.3 is 5.32 Å². The number of nitrogens with zero attached hydrogens (tertiary/aromatic N) is 1. The summed E-state index contributed by atoms with van der Waals surface area (Å²) in [6.45, 7) is 5.36. The summed E-state index contributed by atoms with van der Waals surface area (Å²) in [5, 5.41) is 2.77. The van der Waals surface area contributed by atoms with Gasteiger partial charge in [0, 0.05) is 0 Å². The van der Waals surface area contributed by atoms with Crippen LogP contribution in [0, 0.1) is 0 Å². The maximum absolute atomic E-state index is 11.0. The number of rotatable bonds is 5. The second kappa shape index (κ2) is 6.00. The lowest BCUT2D eigenvalue weighted by molar-refractivity contribution is -0.117. The lowest BCUT2D eigenvalue weighted by Crippen LogP contribution is -2.45. The molecule has 0 aromatic rings. The molecule has 1 amide bonds. The molecular weight excluding hydrogens is 188 g/mol. The molecule has 0 aliphatic rings. The highest BCUT2D eigenvalue weighted by molar-refractivity contribution is 6.20. The Kier molecular flexibility index (Phi) is 5.75. The van der Waals surface area contributed by atoms with Crippen LogP contribution in [0.2, 0.25) is 0 Å². The van der Waals surface area contributed by atoms with E-state index in [0.717, 1.165) is 6.42 Å². The van der Waals surface area contributed by atoms with Crippen molar-refractivity contribution in [3.8, 4) is 0 Å². The van der Waals surface area contributed by atoms with Crippen molar-refractivity contribution in [2.75, 3.05) is 14.1 Å². The number of nitrogens with one attached hydrogen (secondary N) is 1. The zero-order valence-electron chi connectivity index (χ0n) is 8.38. The van der Waals surface area contributed by atoms with Crippen LogP contribution in [-0.2, 0) is 4.79 Å². The van der Waals surface area contributed by atoms with Crippen molar-refractivity contribution in [2.45, 2.75) is 24.9 Å². The monoisotopic (exact) mass is 204 g/mol. The van der Waals surface area contributed by atoms with Gasteiger partial charge >= 0.3 is 0 Å². The predicted molar refractivity (Wildman–Crippen MR) is 55.7 cm³/mol. The zero-order chi connectivity index (χ0) is 10.4. The first-order valence-corrected chi connectivity index (χ1v) is 4.70. The summed E-state index contributed by atoms with van der Waals surface area (Å²) < 4.78 is 0. The molecule has 0 radical (unpaired) electrons. The molecule has 0 fully saturated rings. The lowest BCUT2D eigenvalue weighted by atomic mass is 10.2. The zero-order valence-corrected chi connectivity index (χ0v) is 9.14. The number of halogens is 1. The van der Waals surface area contributed by atoms with Crippen LogP contribution in [-0.4, -0.2) is 36.4 Å². The number of hydrogen-bond acceptors (Lipinski definition) is 2. The van der Waals surface area contributed by atoms with Crippen LogP contribution < -0.4 is 5.32 Å². The van der Waals surface area contributed by atoms with E-state index < -0.39 is 0 Å². The molecule has 0 rings (SSSR count). The van der Waals surface area contributed by atoms with Crippen LogP contribution in [0.3, 0.4) is 0 Å². The fraction of sp³-hybridized carbons (Fsp3) is 0.667. The molecule has 0 bridgehead atoms. The van der Waals surface area contributed by atoms with Crippen molar-refractivity contribution >= 4 is 17.5 Å². The summed E-state index contributed by atoms with van der Waals surface area (Å²) in [5.41, 5.74) is -0.186. The minimum atomic E-state index is -0.186. The topological polar surface area (TPSA) is 32.3 Å². The quantitative estimate of drug-likeness (QED) is 0.415. The van der Waals surface area contributed by atoms with E-state index in [0.29, 0.717) is 0 Å². The third-order valence-electron chi connectivity index (χ3n) is 1.78. The Bertz CT molecular complexity index is 182. The van der Waals surface area contributed by atoms with Gasteiger partial charge in [-0.2, -0.15) is 0 Å². The lowest BCUT2D eigenvalue weighted by Gasteiger charge is -2.26. The number of likely N-dealkylation sites (N-methyl/N-ethyl adjacent to an activating group) is 1. The van der Waals surface area contributed by atoms with E-state index in [1.807, 2.05) is 25.9 Å². The highest BCUT2D eigenvalue weighted by Crippen LogP contribution is 2.08. The van der Waals surface area contributed by atoms with Crippen LogP contribution in [0.1, 0.15) is 13.3 Å². The molecule has 13 heavy (non-hydrogen) atoms. The van der Waals surface area contributed by atoms with Gasteiger partial charge in [0.25, 0.3) is 0 Å². The van der Waals surface area contributed by atoms with Gasteiger partial charge in [0.05, 0.1) is 6.04 Å². The van der Waals surface area contributed by atoms with E-state index in [1.165, 1.54) is 6.08 Å². The molecule has 3 nitrogen and oxygen atoms in total. The first kappa shape index (κ1) is 12.5. The smallest absolute Gasteiger partial charge is 0.243 e. The average Bonchev–Trinajstić information content (AvgIpc) is 2.12. The predicted octanol–water partition coefficient (Wildman–Crippen LogP) is 1.19. The minimum absolute atomic E-state index is 0.0397. The average molecular weight is 205 g/mol. The van der Waals surface area contributed by atoms with Crippen LogP contribution in [0.15, 0.2) is 12.7 Å². The van der Waals surface area contributed by atoms with Crippen LogP contribution >= 0.6 is 11.6 Å². The molecular formula is C9H17ClN2O. The second-order valence-electron chi connectivity index (χ2n) is 3.06. The summed E-state index contributed by atoms with van der Waals surface area (Å²) in [6.07, 6.45) is 2.05. The van der Waals surface area contributed by atoms with Crippen LogP contribution in [0.5, 0.6) is 0 Å². The molecule has 0 spiro atoms. The molecule has 76 valence electrons. The Morgan fingerprint density at radius 3 is 2.54 bits per heavy atom. The third-order valence-corrected chi connectivity index (χ3v) is 2.47. The van der Waals surface area contributed by atoms with E-state index in [9.17, 15) is 4.79 Å². The Labute approximate surface area is 84.7 Å². The molecule has 0 heterocycles. The third kappa shape index (κ3) is 4.29. The Hall–Kier alpha value is -0.540. The molecule has 0 aliphatic heterocycles. The number of alkyl halides is 1. The van der Waals surface area contributed by atoms with Gasteiger partial charge in [0.15, 0.2) is 0 Å². The number of carbonyl (C=O) groups excluding carboxylic acids is 1. The maximum Gasteiger partial charge on any atom is 0.243 e. The molecule has 4 heteroatoms. The van der Waals surface area contributed by atoms with Crippen LogP contribution in [0.25, 0.3) is 0 Å². The summed E-state index contributed by atoms with van der Waals surface area (Å²) in [4.78, 5) is 12.9. The standard InChI is InChI=1S/C9H17ClN2O/c1-5-7(9(10)12(3)4)11-8(13)6-2/h6-7,9H,2,5H2,1,3-4H3,(H,11,13). The van der Waals surface area contributed by atoms with E-state index in [2.05, 4.69) is 11.9 Å². The summed E-state index contributed by atoms with van der Waals surface area (Å²) >= 11 is 6.06. The van der Waals surface area contributed by atoms with Crippen molar-refractivity contribution in [2.24, 2.45) is 0 Å². The number of amides is 1. The van der Waals surface area contributed by atoms with Crippen LogP contribution in [0.4, 0.5) is 0 Å². The van der Waals surface area contributed by atoms with Gasteiger partial charge in [-0.25, -0.2) is 0 Å². The van der Waals surface area contributed by atoms with E-state index in [-0.39, 0.29) is 17.5 Å². The van der Waals surface area contributed by atoms with Crippen molar-refractivity contribution in [3.63, 3.8) is 0 Å². The molecule has 0 aliphatic carbocycles. The second-order valence-corrected chi connectivity index (χ2v) is 3.51. The molecule has 0 saturated carbocycles. The van der Waals surface area contributed by atoms with Crippen molar-refractivity contribution in [1.82, 2.24) is 10.2 Å². The highest BCUT2D eigenvalue weighted by Gasteiger charge is 2.19. The fourth-order valence-corrected chi connectivity index (χ4v) is 1.21. The molecule has 0 aromatic heterocycles.